The van der Waals surface area contributed by atoms with Crippen LogP contribution in [0.1, 0.15) is 12.5 Å². The lowest BCUT2D eigenvalue weighted by molar-refractivity contribution is 0.344. The first-order valence-electron chi connectivity index (χ1n) is 6.24. The molecule has 0 bridgehead atoms. The van der Waals surface area contributed by atoms with Crippen LogP contribution in [-0.2, 0) is 0 Å². The number of nitrogens with zero attached hydrogens (tertiary/aromatic N) is 5. The Morgan fingerprint density at radius 1 is 1.25 bits per heavy atom. The van der Waals surface area contributed by atoms with Gasteiger partial charge in [0.1, 0.15) is 5.75 Å². The van der Waals surface area contributed by atoms with Crippen LogP contribution < -0.4 is 10.3 Å². The second kappa shape index (κ2) is 4.76. The minimum absolute atomic E-state index is 0.229. The molecule has 0 aliphatic heterocycles. The van der Waals surface area contributed by atoms with Crippen molar-refractivity contribution in [3.8, 4) is 5.75 Å². The standard InChI is InChI=1S/C13H13N5O2/c1-3-20-11-6-4-9(2)13-10(11)5-7-12(19)17(13)18-15-8-14-16-18/h4-8H,3H2,1-2H3. The summed E-state index contributed by atoms with van der Waals surface area (Å²) in [5, 5.41) is 12.2. The average molecular weight is 271 g/mol. The Hall–Kier alpha value is -2.70. The van der Waals surface area contributed by atoms with Gasteiger partial charge in [-0.2, -0.15) is 4.68 Å². The van der Waals surface area contributed by atoms with Crippen LogP contribution >= 0.6 is 0 Å². The number of hydrogen-bond donors (Lipinski definition) is 0. The third-order valence-corrected chi connectivity index (χ3v) is 3.01. The summed E-state index contributed by atoms with van der Waals surface area (Å²) in [6.07, 6.45) is 1.28. The lowest BCUT2D eigenvalue weighted by Crippen LogP contribution is -2.28. The van der Waals surface area contributed by atoms with E-state index in [2.05, 4.69) is 15.4 Å². The fourth-order valence-electron chi connectivity index (χ4n) is 2.19. The fourth-order valence-corrected chi connectivity index (χ4v) is 2.19. The van der Waals surface area contributed by atoms with Crippen LogP contribution in [0, 0.1) is 6.92 Å². The SMILES string of the molecule is CCOc1ccc(C)c2c1ccc(=O)n2-n1ncnn1. The van der Waals surface area contributed by atoms with E-state index in [1.54, 1.807) is 6.07 Å². The Bertz CT molecular complexity index is 807. The molecule has 0 aliphatic rings. The Morgan fingerprint density at radius 3 is 2.80 bits per heavy atom. The number of fused-ring (bicyclic) bond motifs is 1. The molecular formula is C13H13N5O2. The molecule has 3 aromatic rings. The zero-order valence-corrected chi connectivity index (χ0v) is 11.1. The highest BCUT2D eigenvalue weighted by atomic mass is 16.5. The first-order valence-corrected chi connectivity index (χ1v) is 6.24. The van der Waals surface area contributed by atoms with Gasteiger partial charge in [-0.1, -0.05) is 11.0 Å². The Labute approximate surface area is 114 Å². The van der Waals surface area contributed by atoms with Crippen LogP contribution in [-0.4, -0.2) is 31.6 Å². The molecule has 0 saturated heterocycles. The number of aromatic nitrogens is 5. The minimum atomic E-state index is -0.229. The highest BCUT2D eigenvalue weighted by molar-refractivity contribution is 5.88. The molecule has 102 valence electrons. The molecule has 2 heterocycles. The Kier molecular flexibility index (Phi) is 2.94. The predicted molar refractivity (Wildman–Crippen MR) is 72.7 cm³/mol. The number of ether oxygens (including phenoxy) is 1. The third kappa shape index (κ3) is 1.83. The van der Waals surface area contributed by atoms with E-state index < -0.39 is 0 Å². The number of rotatable bonds is 3. The van der Waals surface area contributed by atoms with Crippen molar-refractivity contribution in [1.82, 2.24) is 25.0 Å². The van der Waals surface area contributed by atoms with Gasteiger partial charge in [-0.3, -0.25) is 4.79 Å². The maximum Gasteiger partial charge on any atom is 0.272 e. The monoisotopic (exact) mass is 271 g/mol. The van der Waals surface area contributed by atoms with E-state index in [0.717, 1.165) is 16.7 Å². The lowest BCUT2D eigenvalue weighted by atomic mass is 10.1. The van der Waals surface area contributed by atoms with Crippen LogP contribution in [0.4, 0.5) is 0 Å². The van der Waals surface area contributed by atoms with Crippen molar-refractivity contribution in [2.45, 2.75) is 13.8 Å². The van der Waals surface area contributed by atoms with E-state index >= 15 is 0 Å². The summed E-state index contributed by atoms with van der Waals surface area (Å²) < 4.78 is 6.98. The van der Waals surface area contributed by atoms with Crippen molar-refractivity contribution < 1.29 is 4.74 Å². The molecule has 0 radical (unpaired) electrons. The summed E-state index contributed by atoms with van der Waals surface area (Å²) in [5.41, 5.74) is 1.41. The number of pyridine rings is 1. The largest absolute Gasteiger partial charge is 0.493 e. The van der Waals surface area contributed by atoms with E-state index in [9.17, 15) is 4.79 Å². The average Bonchev–Trinajstić information content (AvgIpc) is 2.96. The van der Waals surface area contributed by atoms with E-state index in [0.29, 0.717) is 12.1 Å². The van der Waals surface area contributed by atoms with Crippen molar-refractivity contribution in [2.24, 2.45) is 0 Å². The summed E-state index contributed by atoms with van der Waals surface area (Å²) in [6, 6.07) is 7.02. The van der Waals surface area contributed by atoms with Gasteiger partial charge in [0.05, 0.1) is 12.1 Å². The van der Waals surface area contributed by atoms with Crippen molar-refractivity contribution in [3.05, 3.63) is 46.5 Å². The Balaban J connectivity index is 2.42. The third-order valence-electron chi connectivity index (χ3n) is 3.01. The minimum Gasteiger partial charge on any atom is -0.493 e. The molecule has 1 aromatic carbocycles. The van der Waals surface area contributed by atoms with Gasteiger partial charge in [0.2, 0.25) is 0 Å². The first kappa shape index (κ1) is 12.3. The molecule has 0 saturated carbocycles. The summed E-state index contributed by atoms with van der Waals surface area (Å²) in [7, 11) is 0. The van der Waals surface area contributed by atoms with Crippen molar-refractivity contribution in [1.29, 1.82) is 0 Å². The maximum atomic E-state index is 12.1. The molecule has 7 heteroatoms. The van der Waals surface area contributed by atoms with Gasteiger partial charge in [0.15, 0.2) is 6.33 Å². The Morgan fingerprint density at radius 2 is 2.10 bits per heavy atom. The molecule has 0 N–H and O–H groups in total. The van der Waals surface area contributed by atoms with Crippen LogP contribution in [0.2, 0.25) is 0 Å². The maximum absolute atomic E-state index is 12.1. The number of hydrogen-bond acceptors (Lipinski definition) is 5. The van der Waals surface area contributed by atoms with Crippen molar-refractivity contribution in [3.63, 3.8) is 0 Å². The van der Waals surface area contributed by atoms with Gasteiger partial charge >= 0.3 is 0 Å². The summed E-state index contributed by atoms with van der Waals surface area (Å²) >= 11 is 0. The molecule has 2 aromatic heterocycles. The summed E-state index contributed by atoms with van der Waals surface area (Å²) in [4.78, 5) is 13.3. The van der Waals surface area contributed by atoms with Gasteiger partial charge in [-0.15, -0.1) is 10.2 Å². The van der Waals surface area contributed by atoms with Crippen LogP contribution in [0.3, 0.4) is 0 Å². The van der Waals surface area contributed by atoms with Crippen molar-refractivity contribution in [2.75, 3.05) is 6.61 Å². The van der Waals surface area contributed by atoms with Crippen molar-refractivity contribution >= 4 is 10.9 Å². The van der Waals surface area contributed by atoms with Crippen LogP contribution in [0.15, 0.2) is 35.4 Å². The second-order valence-electron chi connectivity index (χ2n) is 4.26. The number of benzene rings is 1. The summed E-state index contributed by atoms with van der Waals surface area (Å²) in [5.74, 6) is 0.724. The number of aryl methyl sites for hydroxylation is 1. The van der Waals surface area contributed by atoms with Gasteiger partial charge in [-0.25, -0.2) is 0 Å². The molecular weight excluding hydrogens is 258 g/mol. The van der Waals surface area contributed by atoms with E-state index in [1.807, 2.05) is 26.0 Å². The lowest BCUT2D eigenvalue weighted by Gasteiger charge is -2.13. The molecule has 0 unspecified atom stereocenters. The van der Waals surface area contributed by atoms with E-state index in [1.165, 1.54) is 22.0 Å². The molecule has 0 aliphatic carbocycles. The molecule has 0 fully saturated rings. The van der Waals surface area contributed by atoms with Gasteiger partial charge in [-0.05, 0) is 36.8 Å². The smallest absolute Gasteiger partial charge is 0.272 e. The predicted octanol–water partition coefficient (Wildman–Crippen LogP) is 1.01. The van der Waals surface area contributed by atoms with Gasteiger partial charge < -0.3 is 4.74 Å². The zero-order chi connectivity index (χ0) is 14.1. The highest BCUT2D eigenvalue weighted by Gasteiger charge is 2.12. The summed E-state index contributed by atoms with van der Waals surface area (Å²) in [6.45, 7) is 4.39. The molecule has 7 nitrogen and oxygen atoms in total. The van der Waals surface area contributed by atoms with Gasteiger partial charge in [0, 0.05) is 11.5 Å². The van der Waals surface area contributed by atoms with Crippen LogP contribution in [0.5, 0.6) is 5.75 Å². The molecule has 20 heavy (non-hydrogen) atoms. The number of tetrazole rings is 1. The normalized spacial score (nSPS) is 10.9. The van der Waals surface area contributed by atoms with E-state index in [-0.39, 0.29) is 5.56 Å². The molecule has 0 amide bonds. The van der Waals surface area contributed by atoms with Crippen LogP contribution in [0.25, 0.3) is 10.9 Å². The first-order chi connectivity index (χ1) is 9.72. The quantitative estimate of drug-likeness (QED) is 0.710. The topological polar surface area (TPSA) is 74.8 Å². The van der Waals surface area contributed by atoms with Gasteiger partial charge in [0.25, 0.3) is 5.56 Å². The molecule has 0 spiro atoms. The fraction of sp³-hybridized carbons (Fsp3) is 0.231. The molecule has 0 atom stereocenters. The van der Waals surface area contributed by atoms with E-state index in [4.69, 9.17) is 4.74 Å². The zero-order valence-electron chi connectivity index (χ0n) is 11.1. The highest BCUT2D eigenvalue weighted by Crippen LogP contribution is 2.27. The molecule has 3 rings (SSSR count). The second-order valence-corrected chi connectivity index (χ2v) is 4.26.